The summed E-state index contributed by atoms with van der Waals surface area (Å²) in [5.74, 6) is -0.235. The molecule has 0 aliphatic carbocycles. The number of nitrogens with zero attached hydrogens (tertiary/aromatic N) is 1. The molecule has 0 saturated heterocycles. The topological polar surface area (TPSA) is 49.4 Å². The number of benzene rings is 3. The maximum absolute atomic E-state index is 12.7. The van der Waals surface area contributed by atoms with Crippen LogP contribution in [0.1, 0.15) is 21.5 Å². The van der Waals surface area contributed by atoms with Crippen LogP contribution in [0.2, 0.25) is 0 Å². The van der Waals surface area contributed by atoms with Gasteiger partial charge >= 0.3 is 0 Å². The first-order valence-electron chi connectivity index (χ1n) is 8.82. The van der Waals surface area contributed by atoms with Crippen LogP contribution in [-0.2, 0) is 11.2 Å². The van der Waals surface area contributed by atoms with Crippen LogP contribution < -0.4 is 10.2 Å². The van der Waals surface area contributed by atoms with Crippen LogP contribution in [-0.4, -0.2) is 18.9 Å². The van der Waals surface area contributed by atoms with Crippen molar-refractivity contribution in [1.82, 2.24) is 0 Å². The van der Waals surface area contributed by atoms with Gasteiger partial charge in [0.1, 0.15) is 0 Å². The van der Waals surface area contributed by atoms with Gasteiger partial charge in [0.25, 0.3) is 5.91 Å². The van der Waals surface area contributed by atoms with Gasteiger partial charge in [-0.3, -0.25) is 9.59 Å². The third-order valence-electron chi connectivity index (χ3n) is 4.45. The highest BCUT2D eigenvalue weighted by Crippen LogP contribution is 2.18. The summed E-state index contributed by atoms with van der Waals surface area (Å²) in [4.78, 5) is 26.7. The SMILES string of the molecule is Cc1ccccc1CC(=O)Nc1cccc(C(=O)N(C)c2ccccc2)c1. The van der Waals surface area contributed by atoms with Crippen molar-refractivity contribution in [1.29, 1.82) is 0 Å². The Morgan fingerprint density at radius 3 is 2.33 bits per heavy atom. The third kappa shape index (κ3) is 4.61. The van der Waals surface area contributed by atoms with Crippen LogP contribution in [0.25, 0.3) is 0 Å². The lowest BCUT2D eigenvalue weighted by Gasteiger charge is -2.17. The molecule has 1 N–H and O–H groups in total. The standard InChI is InChI=1S/C23H22N2O2/c1-17-9-6-7-10-18(17)16-22(26)24-20-12-8-11-19(15-20)23(27)25(2)21-13-4-3-5-14-21/h3-15H,16H2,1-2H3,(H,24,26). The van der Waals surface area contributed by atoms with Gasteiger partial charge in [-0.05, 0) is 48.4 Å². The highest BCUT2D eigenvalue weighted by molar-refractivity contribution is 6.06. The van der Waals surface area contributed by atoms with Crippen molar-refractivity contribution < 1.29 is 9.59 Å². The van der Waals surface area contributed by atoms with Crippen molar-refractivity contribution in [3.63, 3.8) is 0 Å². The Kier molecular flexibility index (Phi) is 5.67. The Balaban J connectivity index is 1.71. The van der Waals surface area contributed by atoms with Gasteiger partial charge in [0, 0.05) is 24.0 Å². The van der Waals surface area contributed by atoms with Gasteiger partial charge in [-0.15, -0.1) is 0 Å². The monoisotopic (exact) mass is 358 g/mol. The zero-order valence-corrected chi connectivity index (χ0v) is 15.5. The van der Waals surface area contributed by atoms with Crippen LogP contribution in [0, 0.1) is 6.92 Å². The van der Waals surface area contributed by atoms with E-state index in [1.807, 2.05) is 61.5 Å². The van der Waals surface area contributed by atoms with Crippen LogP contribution in [0.15, 0.2) is 78.9 Å². The summed E-state index contributed by atoms with van der Waals surface area (Å²) in [7, 11) is 1.74. The predicted octanol–water partition coefficient (Wildman–Crippen LogP) is 4.45. The molecule has 4 heteroatoms. The van der Waals surface area contributed by atoms with Crippen molar-refractivity contribution in [2.24, 2.45) is 0 Å². The number of carbonyl (C=O) groups is 2. The van der Waals surface area contributed by atoms with Gasteiger partial charge in [-0.1, -0.05) is 48.5 Å². The molecule has 136 valence electrons. The quantitative estimate of drug-likeness (QED) is 0.732. The van der Waals surface area contributed by atoms with E-state index in [2.05, 4.69) is 5.32 Å². The largest absolute Gasteiger partial charge is 0.326 e. The summed E-state index contributed by atoms with van der Waals surface area (Å²) in [5.41, 5.74) is 4.03. The van der Waals surface area contributed by atoms with Gasteiger partial charge in [-0.25, -0.2) is 0 Å². The second-order valence-electron chi connectivity index (χ2n) is 6.43. The number of rotatable bonds is 5. The molecule has 0 bridgehead atoms. The second-order valence-corrected chi connectivity index (χ2v) is 6.43. The first kappa shape index (κ1) is 18.4. The van der Waals surface area contributed by atoms with E-state index in [0.29, 0.717) is 17.7 Å². The van der Waals surface area contributed by atoms with E-state index in [1.54, 1.807) is 36.2 Å². The van der Waals surface area contributed by atoms with Crippen molar-refractivity contribution in [2.75, 3.05) is 17.3 Å². The van der Waals surface area contributed by atoms with E-state index in [0.717, 1.165) is 16.8 Å². The molecule has 0 fully saturated rings. The zero-order valence-electron chi connectivity index (χ0n) is 15.5. The molecule has 0 heterocycles. The number of hydrogen-bond donors (Lipinski definition) is 1. The molecule has 0 unspecified atom stereocenters. The molecule has 3 aromatic carbocycles. The fourth-order valence-corrected chi connectivity index (χ4v) is 2.88. The lowest BCUT2D eigenvalue weighted by atomic mass is 10.1. The van der Waals surface area contributed by atoms with Crippen LogP contribution in [0.3, 0.4) is 0 Å². The Bertz CT molecular complexity index is 951. The van der Waals surface area contributed by atoms with E-state index in [1.165, 1.54) is 0 Å². The molecule has 0 aliphatic rings. The summed E-state index contributed by atoms with van der Waals surface area (Å²) < 4.78 is 0. The molecule has 3 rings (SSSR count). The minimum absolute atomic E-state index is 0.106. The number of hydrogen-bond acceptors (Lipinski definition) is 2. The summed E-state index contributed by atoms with van der Waals surface area (Å²) in [6.07, 6.45) is 0.300. The molecular weight excluding hydrogens is 336 g/mol. The van der Waals surface area contributed by atoms with Crippen LogP contribution in [0.5, 0.6) is 0 Å². The van der Waals surface area contributed by atoms with Crippen molar-refractivity contribution in [3.8, 4) is 0 Å². The smallest absolute Gasteiger partial charge is 0.258 e. The normalized spacial score (nSPS) is 10.3. The molecule has 2 amide bonds. The van der Waals surface area contributed by atoms with Crippen LogP contribution >= 0.6 is 0 Å². The average molecular weight is 358 g/mol. The number of carbonyl (C=O) groups excluding carboxylic acids is 2. The average Bonchev–Trinajstić information content (AvgIpc) is 2.69. The minimum Gasteiger partial charge on any atom is -0.326 e. The van der Waals surface area contributed by atoms with Gasteiger partial charge in [0.2, 0.25) is 5.91 Å². The maximum Gasteiger partial charge on any atom is 0.258 e. The lowest BCUT2D eigenvalue weighted by Crippen LogP contribution is -2.26. The first-order valence-corrected chi connectivity index (χ1v) is 8.82. The van der Waals surface area contributed by atoms with Crippen molar-refractivity contribution >= 4 is 23.2 Å². The van der Waals surface area contributed by atoms with Crippen molar-refractivity contribution in [3.05, 3.63) is 95.6 Å². The number of para-hydroxylation sites is 1. The Hall–Kier alpha value is -3.40. The molecular formula is C23H22N2O2. The second kappa shape index (κ2) is 8.32. The summed E-state index contributed by atoms with van der Waals surface area (Å²) in [6.45, 7) is 1.99. The lowest BCUT2D eigenvalue weighted by molar-refractivity contribution is -0.115. The molecule has 0 aromatic heterocycles. The molecule has 0 atom stereocenters. The Morgan fingerprint density at radius 1 is 0.889 bits per heavy atom. The molecule has 4 nitrogen and oxygen atoms in total. The molecule has 3 aromatic rings. The van der Waals surface area contributed by atoms with Crippen molar-refractivity contribution in [2.45, 2.75) is 13.3 Å². The highest BCUT2D eigenvalue weighted by atomic mass is 16.2. The zero-order chi connectivity index (χ0) is 19.2. The van der Waals surface area contributed by atoms with E-state index in [-0.39, 0.29) is 11.8 Å². The van der Waals surface area contributed by atoms with Crippen LogP contribution in [0.4, 0.5) is 11.4 Å². The maximum atomic E-state index is 12.7. The molecule has 27 heavy (non-hydrogen) atoms. The fraction of sp³-hybridized carbons (Fsp3) is 0.130. The number of amides is 2. The number of nitrogens with one attached hydrogen (secondary N) is 1. The molecule has 0 spiro atoms. The predicted molar refractivity (Wildman–Crippen MR) is 109 cm³/mol. The van der Waals surface area contributed by atoms with Gasteiger partial charge in [-0.2, -0.15) is 0 Å². The summed E-state index contributed by atoms with van der Waals surface area (Å²) in [5, 5.41) is 2.88. The summed E-state index contributed by atoms with van der Waals surface area (Å²) >= 11 is 0. The minimum atomic E-state index is -0.129. The fourth-order valence-electron chi connectivity index (χ4n) is 2.88. The van der Waals surface area contributed by atoms with E-state index in [4.69, 9.17) is 0 Å². The first-order chi connectivity index (χ1) is 13.0. The van der Waals surface area contributed by atoms with Gasteiger partial charge in [0.05, 0.1) is 6.42 Å². The Morgan fingerprint density at radius 2 is 1.59 bits per heavy atom. The van der Waals surface area contributed by atoms with E-state index in [9.17, 15) is 9.59 Å². The molecule has 0 radical (unpaired) electrons. The number of anilines is 2. The van der Waals surface area contributed by atoms with Gasteiger partial charge in [0.15, 0.2) is 0 Å². The molecule has 0 saturated carbocycles. The Labute approximate surface area is 159 Å². The number of aryl methyl sites for hydroxylation is 1. The van der Waals surface area contributed by atoms with E-state index >= 15 is 0 Å². The third-order valence-corrected chi connectivity index (χ3v) is 4.45. The molecule has 0 aliphatic heterocycles. The highest BCUT2D eigenvalue weighted by Gasteiger charge is 2.14. The van der Waals surface area contributed by atoms with Gasteiger partial charge < -0.3 is 10.2 Å². The van der Waals surface area contributed by atoms with E-state index < -0.39 is 0 Å². The summed E-state index contributed by atoms with van der Waals surface area (Å²) in [6, 6.07) is 24.3.